The lowest BCUT2D eigenvalue weighted by atomic mass is 10.0. The molecular formula is C18H25N3O5. The molecule has 1 fully saturated rings. The van der Waals surface area contributed by atoms with Crippen molar-refractivity contribution in [2.75, 3.05) is 20.8 Å². The van der Waals surface area contributed by atoms with E-state index in [9.17, 15) is 14.4 Å². The smallest absolute Gasteiger partial charge is 0.407 e. The first-order valence-electron chi connectivity index (χ1n) is 8.43. The molecule has 0 radical (unpaired) electrons. The molecule has 1 saturated heterocycles. The Labute approximate surface area is 152 Å². The maximum absolute atomic E-state index is 13.3. The number of methoxy groups -OCH3 is 2. The third-order valence-corrected chi connectivity index (χ3v) is 4.35. The summed E-state index contributed by atoms with van der Waals surface area (Å²) in [5, 5.41) is 5.75. The van der Waals surface area contributed by atoms with Crippen molar-refractivity contribution < 1.29 is 23.9 Å². The van der Waals surface area contributed by atoms with E-state index in [-0.39, 0.29) is 18.4 Å². The van der Waals surface area contributed by atoms with Crippen LogP contribution in [0, 0.1) is 5.92 Å². The van der Waals surface area contributed by atoms with E-state index in [1.165, 1.54) is 19.1 Å². The van der Waals surface area contributed by atoms with Gasteiger partial charge in [-0.1, -0.05) is 44.2 Å². The Bertz CT molecular complexity index is 649. The zero-order chi connectivity index (χ0) is 19.3. The molecule has 0 bridgehead atoms. The van der Waals surface area contributed by atoms with Gasteiger partial charge in [-0.3, -0.25) is 10.1 Å². The molecule has 142 valence electrons. The van der Waals surface area contributed by atoms with E-state index in [1.54, 1.807) is 0 Å². The van der Waals surface area contributed by atoms with Gasteiger partial charge in [-0.25, -0.2) is 9.59 Å². The molecule has 2 rings (SSSR count). The predicted molar refractivity (Wildman–Crippen MR) is 94.0 cm³/mol. The van der Waals surface area contributed by atoms with Crippen LogP contribution in [0.3, 0.4) is 0 Å². The van der Waals surface area contributed by atoms with Gasteiger partial charge >= 0.3 is 12.1 Å². The third-order valence-electron chi connectivity index (χ3n) is 4.35. The Morgan fingerprint density at radius 1 is 1.15 bits per heavy atom. The summed E-state index contributed by atoms with van der Waals surface area (Å²) in [4.78, 5) is 38.6. The third kappa shape index (κ3) is 4.13. The van der Waals surface area contributed by atoms with Gasteiger partial charge in [0.2, 0.25) is 5.91 Å². The highest BCUT2D eigenvalue weighted by atomic mass is 16.5. The van der Waals surface area contributed by atoms with Gasteiger partial charge in [-0.15, -0.1) is 0 Å². The van der Waals surface area contributed by atoms with Crippen molar-refractivity contribution in [3.8, 4) is 0 Å². The Hall–Kier alpha value is -2.61. The molecular weight excluding hydrogens is 338 g/mol. The number of ether oxygens (including phenoxy) is 2. The minimum Gasteiger partial charge on any atom is -0.467 e. The minimum atomic E-state index is -0.833. The number of rotatable bonds is 5. The molecule has 2 amide bonds. The monoisotopic (exact) mass is 363 g/mol. The first kappa shape index (κ1) is 19.7. The van der Waals surface area contributed by atoms with E-state index < -0.39 is 30.3 Å². The lowest BCUT2D eigenvalue weighted by molar-refractivity contribution is -0.153. The minimum absolute atomic E-state index is 0.197. The molecule has 3 atom stereocenters. The molecule has 0 spiro atoms. The summed E-state index contributed by atoms with van der Waals surface area (Å²) in [6, 6.07) is 7.72. The Morgan fingerprint density at radius 2 is 1.81 bits per heavy atom. The Morgan fingerprint density at radius 3 is 2.35 bits per heavy atom. The summed E-state index contributed by atoms with van der Waals surface area (Å²) in [5.41, 5.74) is 0.841. The Kier molecular flexibility index (Phi) is 6.57. The molecule has 1 aromatic rings. The summed E-state index contributed by atoms with van der Waals surface area (Å²) in [7, 11) is 2.52. The first-order chi connectivity index (χ1) is 12.4. The largest absolute Gasteiger partial charge is 0.467 e. The van der Waals surface area contributed by atoms with Crippen LogP contribution >= 0.6 is 0 Å². The van der Waals surface area contributed by atoms with Crippen LogP contribution in [0.25, 0.3) is 0 Å². The molecule has 1 aromatic carbocycles. The van der Waals surface area contributed by atoms with Crippen LogP contribution in [0.5, 0.6) is 0 Å². The highest BCUT2D eigenvalue weighted by molar-refractivity contribution is 5.91. The van der Waals surface area contributed by atoms with Crippen molar-refractivity contribution in [2.45, 2.75) is 32.1 Å². The number of carbonyl (C=O) groups is 3. The quantitative estimate of drug-likeness (QED) is 0.759. The predicted octanol–water partition coefficient (Wildman–Crippen LogP) is 1.04. The summed E-state index contributed by atoms with van der Waals surface area (Å²) in [6.07, 6.45) is -1.19. The Balaban J connectivity index is 2.37. The van der Waals surface area contributed by atoms with Gasteiger partial charge in [0.05, 0.1) is 14.2 Å². The molecule has 2 N–H and O–H groups in total. The average molecular weight is 363 g/mol. The van der Waals surface area contributed by atoms with E-state index in [4.69, 9.17) is 4.74 Å². The van der Waals surface area contributed by atoms with Crippen LogP contribution in [0.2, 0.25) is 0 Å². The maximum atomic E-state index is 13.3. The highest BCUT2D eigenvalue weighted by Gasteiger charge is 2.45. The van der Waals surface area contributed by atoms with E-state index in [2.05, 4.69) is 15.4 Å². The van der Waals surface area contributed by atoms with Gasteiger partial charge in [0.15, 0.2) is 0 Å². The van der Waals surface area contributed by atoms with Gasteiger partial charge in [-0.2, -0.15) is 0 Å². The summed E-state index contributed by atoms with van der Waals surface area (Å²) in [6.45, 7) is 3.89. The fourth-order valence-electron chi connectivity index (χ4n) is 2.99. The maximum Gasteiger partial charge on any atom is 0.407 e. The fourth-order valence-corrected chi connectivity index (χ4v) is 2.99. The number of hydrogen-bond acceptors (Lipinski definition) is 6. The molecule has 26 heavy (non-hydrogen) atoms. The summed E-state index contributed by atoms with van der Waals surface area (Å²) >= 11 is 0. The molecule has 1 aliphatic rings. The van der Waals surface area contributed by atoms with Crippen molar-refractivity contribution in [3.63, 3.8) is 0 Å². The number of hydrogen-bond donors (Lipinski definition) is 2. The molecule has 1 aliphatic heterocycles. The van der Waals surface area contributed by atoms with Gasteiger partial charge in [0.1, 0.15) is 18.2 Å². The van der Waals surface area contributed by atoms with Crippen LogP contribution in [0.4, 0.5) is 4.79 Å². The molecule has 0 aliphatic carbocycles. The number of amides is 2. The van der Waals surface area contributed by atoms with Crippen molar-refractivity contribution in [3.05, 3.63) is 35.9 Å². The van der Waals surface area contributed by atoms with Gasteiger partial charge < -0.3 is 19.7 Å². The molecule has 8 nitrogen and oxygen atoms in total. The lowest BCUT2D eigenvalue weighted by Crippen LogP contribution is -2.55. The van der Waals surface area contributed by atoms with Gasteiger partial charge in [-0.05, 0) is 11.5 Å². The van der Waals surface area contributed by atoms with E-state index in [1.807, 2.05) is 44.2 Å². The number of nitrogens with one attached hydrogen (secondary N) is 2. The number of esters is 1. The summed E-state index contributed by atoms with van der Waals surface area (Å²) < 4.78 is 9.48. The molecule has 0 saturated carbocycles. The van der Waals surface area contributed by atoms with E-state index in [0.29, 0.717) is 0 Å². The molecule has 1 heterocycles. The van der Waals surface area contributed by atoms with Crippen LogP contribution in [-0.2, 0) is 19.1 Å². The van der Waals surface area contributed by atoms with Crippen molar-refractivity contribution in [1.82, 2.24) is 15.5 Å². The average Bonchev–Trinajstić information content (AvgIpc) is 3.10. The second kappa shape index (κ2) is 8.66. The fraction of sp³-hybridized carbons (Fsp3) is 0.500. The van der Waals surface area contributed by atoms with Gasteiger partial charge in [0.25, 0.3) is 0 Å². The normalized spacial score (nSPS) is 20.6. The van der Waals surface area contributed by atoms with Crippen LogP contribution in [0.15, 0.2) is 30.3 Å². The second-order valence-electron chi connectivity index (χ2n) is 6.36. The topological polar surface area (TPSA) is 97.0 Å². The first-order valence-corrected chi connectivity index (χ1v) is 8.43. The van der Waals surface area contributed by atoms with Crippen molar-refractivity contribution in [2.24, 2.45) is 5.92 Å². The zero-order valence-electron chi connectivity index (χ0n) is 15.4. The molecule has 0 aromatic heterocycles. The SMILES string of the molecule is COC(=O)NC(C(=O)N1C(C(=O)OC)CNC1c1ccccc1)C(C)C. The van der Waals surface area contributed by atoms with E-state index >= 15 is 0 Å². The van der Waals surface area contributed by atoms with E-state index in [0.717, 1.165) is 5.56 Å². The standard InChI is InChI=1S/C18H25N3O5/c1-11(2)14(20-18(24)26-4)16(22)21-13(17(23)25-3)10-19-15(21)12-8-6-5-7-9-12/h5-9,11,13-15,19H,10H2,1-4H3,(H,20,24). The number of carbonyl (C=O) groups excluding carboxylic acids is 3. The second-order valence-corrected chi connectivity index (χ2v) is 6.36. The summed E-state index contributed by atoms with van der Waals surface area (Å²) in [5.74, 6) is -1.08. The highest BCUT2D eigenvalue weighted by Crippen LogP contribution is 2.28. The number of alkyl carbamates (subject to hydrolysis) is 1. The van der Waals surface area contributed by atoms with Crippen LogP contribution in [-0.4, -0.2) is 55.7 Å². The van der Waals surface area contributed by atoms with Gasteiger partial charge in [0, 0.05) is 6.54 Å². The molecule has 8 heteroatoms. The van der Waals surface area contributed by atoms with Crippen LogP contribution in [0.1, 0.15) is 25.6 Å². The van der Waals surface area contributed by atoms with Crippen molar-refractivity contribution in [1.29, 1.82) is 0 Å². The molecule has 3 unspecified atom stereocenters. The van der Waals surface area contributed by atoms with Crippen molar-refractivity contribution >= 4 is 18.0 Å². The van der Waals surface area contributed by atoms with Crippen LogP contribution < -0.4 is 10.6 Å². The number of nitrogens with zero attached hydrogens (tertiary/aromatic N) is 1. The number of benzene rings is 1. The lowest BCUT2D eigenvalue weighted by Gasteiger charge is -2.33. The zero-order valence-corrected chi connectivity index (χ0v) is 15.4.